The highest BCUT2D eigenvalue weighted by atomic mass is 19.1. The lowest BCUT2D eigenvalue weighted by Crippen LogP contribution is -1.83. The molecular weight excluding hydrogens is 119 g/mol. The monoisotopic (exact) mass is 136 g/mol. The molecule has 0 amide bonds. The van der Waals surface area contributed by atoms with Gasteiger partial charge in [0.15, 0.2) is 0 Å². The second-order valence-electron chi connectivity index (χ2n) is 1.91. The number of hydrogen-bond acceptors (Lipinski definition) is 1. The van der Waals surface area contributed by atoms with Gasteiger partial charge < -0.3 is 5.11 Å². The molecule has 1 unspecified atom stereocenters. The zero-order valence-corrected chi connectivity index (χ0v) is 6.52. The van der Waals surface area contributed by atoms with Crippen LogP contribution in [0.25, 0.3) is 0 Å². The van der Waals surface area contributed by atoms with E-state index in [0.717, 1.165) is 6.42 Å². The van der Waals surface area contributed by atoms with Crippen LogP contribution in [0, 0.1) is 0 Å². The first-order chi connectivity index (χ1) is 4.18. The van der Waals surface area contributed by atoms with Gasteiger partial charge >= 0.3 is 0 Å². The van der Waals surface area contributed by atoms with Crippen molar-refractivity contribution >= 4 is 0 Å². The third-order valence-electron chi connectivity index (χ3n) is 0.786. The van der Waals surface area contributed by atoms with Crippen molar-refractivity contribution in [3.05, 3.63) is 0 Å². The van der Waals surface area contributed by atoms with Crippen molar-refractivity contribution in [3.8, 4) is 0 Å². The van der Waals surface area contributed by atoms with Crippen molar-refractivity contribution in [2.45, 2.75) is 39.8 Å². The van der Waals surface area contributed by atoms with E-state index in [0.29, 0.717) is 13.0 Å². The van der Waals surface area contributed by atoms with Gasteiger partial charge in [-0.15, -0.1) is 0 Å². The molecule has 0 saturated heterocycles. The lowest BCUT2D eigenvalue weighted by molar-refractivity contribution is 0.295. The summed E-state index contributed by atoms with van der Waals surface area (Å²) in [6.07, 6.45) is 0.898. The highest BCUT2D eigenvalue weighted by molar-refractivity contribution is 4.35. The predicted octanol–water partition coefficient (Wildman–Crippen LogP) is 2.14. The molecule has 0 aromatic carbocycles. The fraction of sp³-hybridized carbons (Fsp3) is 1.00. The topological polar surface area (TPSA) is 20.2 Å². The van der Waals surface area contributed by atoms with Gasteiger partial charge in [-0.25, -0.2) is 4.39 Å². The summed E-state index contributed by atoms with van der Waals surface area (Å²) in [6.45, 7) is 5.63. The SMILES string of the molecule is CCC(C)F.CCCO. The van der Waals surface area contributed by atoms with Crippen molar-refractivity contribution < 1.29 is 9.50 Å². The van der Waals surface area contributed by atoms with Crippen LogP contribution in [0.1, 0.15) is 33.6 Å². The van der Waals surface area contributed by atoms with Gasteiger partial charge in [0.2, 0.25) is 0 Å². The maximum atomic E-state index is 11.4. The van der Waals surface area contributed by atoms with Crippen molar-refractivity contribution in [3.63, 3.8) is 0 Å². The third-order valence-corrected chi connectivity index (χ3v) is 0.786. The Kier molecular flexibility index (Phi) is 14.0. The van der Waals surface area contributed by atoms with E-state index in [4.69, 9.17) is 5.11 Å². The van der Waals surface area contributed by atoms with Gasteiger partial charge in [0.1, 0.15) is 0 Å². The Bertz CT molecular complexity index is 35.9. The van der Waals surface area contributed by atoms with Crippen molar-refractivity contribution in [1.82, 2.24) is 0 Å². The second-order valence-corrected chi connectivity index (χ2v) is 1.91. The fourth-order valence-electron chi connectivity index (χ4n) is 0. The van der Waals surface area contributed by atoms with Crippen LogP contribution in [0.5, 0.6) is 0 Å². The first kappa shape index (κ1) is 11.7. The Morgan fingerprint density at radius 1 is 1.44 bits per heavy atom. The molecule has 0 saturated carbocycles. The summed E-state index contributed by atoms with van der Waals surface area (Å²) in [6, 6.07) is 0. The van der Waals surface area contributed by atoms with E-state index in [2.05, 4.69) is 0 Å². The van der Waals surface area contributed by atoms with Crippen LogP contribution in [0.4, 0.5) is 4.39 Å². The van der Waals surface area contributed by atoms with E-state index in [1.54, 1.807) is 6.92 Å². The van der Waals surface area contributed by atoms with Gasteiger partial charge in [0.25, 0.3) is 0 Å². The van der Waals surface area contributed by atoms with Gasteiger partial charge in [-0.1, -0.05) is 13.8 Å². The molecule has 0 aliphatic heterocycles. The summed E-state index contributed by atoms with van der Waals surface area (Å²) in [7, 11) is 0. The van der Waals surface area contributed by atoms with E-state index in [9.17, 15) is 4.39 Å². The van der Waals surface area contributed by atoms with Crippen LogP contribution in [-0.2, 0) is 0 Å². The molecule has 0 aliphatic rings. The average molecular weight is 136 g/mol. The van der Waals surface area contributed by atoms with E-state index in [-0.39, 0.29) is 0 Å². The number of alkyl halides is 1. The van der Waals surface area contributed by atoms with Crippen LogP contribution in [0.2, 0.25) is 0 Å². The lowest BCUT2D eigenvalue weighted by Gasteiger charge is -1.86. The Labute approximate surface area is 56.9 Å². The molecule has 0 heterocycles. The Hall–Kier alpha value is -0.110. The molecule has 0 bridgehead atoms. The molecule has 9 heavy (non-hydrogen) atoms. The molecule has 1 N–H and O–H groups in total. The normalized spacial score (nSPS) is 11.7. The highest BCUT2D eigenvalue weighted by Crippen LogP contribution is 1.90. The summed E-state index contributed by atoms with van der Waals surface area (Å²) in [4.78, 5) is 0. The van der Waals surface area contributed by atoms with Crippen molar-refractivity contribution in [1.29, 1.82) is 0 Å². The molecule has 2 heteroatoms. The molecule has 0 spiro atoms. The van der Waals surface area contributed by atoms with E-state index in [1.165, 1.54) is 0 Å². The molecule has 0 aliphatic carbocycles. The fourth-order valence-corrected chi connectivity index (χ4v) is 0. The maximum absolute atomic E-state index is 11.4. The smallest absolute Gasteiger partial charge is 0.0971 e. The van der Waals surface area contributed by atoms with Gasteiger partial charge in [0.05, 0.1) is 6.17 Å². The molecule has 1 nitrogen and oxygen atoms in total. The van der Waals surface area contributed by atoms with E-state index >= 15 is 0 Å². The Morgan fingerprint density at radius 3 is 1.67 bits per heavy atom. The summed E-state index contributed by atoms with van der Waals surface area (Å²) in [5.74, 6) is 0. The molecule has 0 fully saturated rings. The largest absolute Gasteiger partial charge is 0.396 e. The third kappa shape index (κ3) is 32.8. The molecule has 0 aromatic heterocycles. The average Bonchev–Trinajstić information content (AvgIpc) is 1.89. The molecule has 1 atom stereocenters. The van der Waals surface area contributed by atoms with Crippen LogP contribution in [0.15, 0.2) is 0 Å². The second kappa shape index (κ2) is 10.8. The predicted molar refractivity (Wildman–Crippen MR) is 38.2 cm³/mol. The van der Waals surface area contributed by atoms with Crippen molar-refractivity contribution in [2.75, 3.05) is 6.61 Å². The Balaban J connectivity index is 0. The number of aliphatic hydroxyl groups excluding tert-OH is 1. The molecule has 58 valence electrons. The summed E-state index contributed by atoms with van der Waals surface area (Å²) in [5, 5.41) is 7.88. The summed E-state index contributed by atoms with van der Waals surface area (Å²) < 4.78 is 11.4. The zero-order valence-electron chi connectivity index (χ0n) is 6.52. The van der Waals surface area contributed by atoms with Crippen LogP contribution >= 0.6 is 0 Å². The minimum atomic E-state index is -0.616. The van der Waals surface area contributed by atoms with Gasteiger partial charge in [-0.05, 0) is 19.8 Å². The molecule has 0 aromatic rings. The first-order valence-electron chi connectivity index (χ1n) is 3.43. The molecule has 0 radical (unpaired) electrons. The standard InChI is InChI=1S/C4H9F.C3H8O/c1-3-4(2)5;1-2-3-4/h4H,3H2,1-2H3;4H,2-3H2,1H3. The number of rotatable bonds is 2. The van der Waals surface area contributed by atoms with Crippen molar-refractivity contribution in [2.24, 2.45) is 0 Å². The quantitative estimate of drug-likeness (QED) is 0.616. The minimum Gasteiger partial charge on any atom is -0.396 e. The van der Waals surface area contributed by atoms with Gasteiger partial charge in [-0.3, -0.25) is 0 Å². The number of halogens is 1. The van der Waals surface area contributed by atoms with Crippen LogP contribution < -0.4 is 0 Å². The first-order valence-corrected chi connectivity index (χ1v) is 3.43. The number of hydrogen-bond donors (Lipinski definition) is 1. The van der Waals surface area contributed by atoms with E-state index < -0.39 is 6.17 Å². The van der Waals surface area contributed by atoms with Gasteiger partial charge in [-0.2, -0.15) is 0 Å². The van der Waals surface area contributed by atoms with Gasteiger partial charge in [0, 0.05) is 6.61 Å². The zero-order chi connectivity index (χ0) is 7.70. The highest BCUT2D eigenvalue weighted by Gasteiger charge is 1.85. The Morgan fingerprint density at radius 2 is 1.67 bits per heavy atom. The maximum Gasteiger partial charge on any atom is 0.0971 e. The number of aliphatic hydroxyl groups is 1. The van der Waals surface area contributed by atoms with Crippen LogP contribution in [0.3, 0.4) is 0 Å². The minimum absolute atomic E-state index is 0.319. The molecule has 0 rings (SSSR count). The van der Waals surface area contributed by atoms with E-state index in [1.807, 2.05) is 13.8 Å². The summed E-state index contributed by atoms with van der Waals surface area (Å²) >= 11 is 0. The molecular formula is C7H17FO. The summed E-state index contributed by atoms with van der Waals surface area (Å²) in [5.41, 5.74) is 0. The van der Waals surface area contributed by atoms with Crippen LogP contribution in [-0.4, -0.2) is 17.9 Å². The lowest BCUT2D eigenvalue weighted by atomic mass is 10.4.